The zero-order chi connectivity index (χ0) is 16.2. The van der Waals surface area contributed by atoms with Crippen LogP contribution in [0.25, 0.3) is 0 Å². The summed E-state index contributed by atoms with van der Waals surface area (Å²) in [5.41, 5.74) is 3.24. The number of thioether (sulfide) groups is 1. The first-order valence-corrected chi connectivity index (χ1v) is 7.50. The van der Waals surface area contributed by atoms with Crippen LogP contribution in [0.1, 0.15) is 17.2 Å². The molecule has 0 aromatic heterocycles. The van der Waals surface area contributed by atoms with Crippen LogP contribution in [0.5, 0.6) is 0 Å². The average Bonchev–Trinajstić information content (AvgIpc) is 2.46. The van der Waals surface area contributed by atoms with Crippen molar-refractivity contribution in [1.82, 2.24) is 0 Å². The van der Waals surface area contributed by atoms with Crippen molar-refractivity contribution in [3.63, 3.8) is 0 Å². The Morgan fingerprint density at radius 3 is 2.14 bits per heavy atom. The predicted molar refractivity (Wildman–Crippen MR) is 81.4 cm³/mol. The molecule has 0 heterocycles. The molecule has 0 spiro atoms. The Kier molecular flexibility index (Phi) is 5.50. The van der Waals surface area contributed by atoms with Gasteiger partial charge in [-0.1, -0.05) is 42.5 Å². The molecule has 2 nitrogen and oxygen atoms in total. The van der Waals surface area contributed by atoms with Crippen LogP contribution < -0.4 is 5.73 Å². The number of nitrogens with two attached hydrogens (primary N) is 1. The van der Waals surface area contributed by atoms with Crippen LogP contribution in [0, 0.1) is 0 Å². The molecule has 2 rings (SSSR count). The number of aliphatic hydroxyl groups excluding tert-OH is 1. The SMILES string of the molecule is N[C@@H](c1ccc(SC(F)(F)F)cc1)[C@H](O)Cc1ccccc1. The van der Waals surface area contributed by atoms with Crippen molar-refractivity contribution in [3.8, 4) is 0 Å². The molecule has 118 valence electrons. The molecule has 0 unspecified atom stereocenters. The first-order chi connectivity index (χ1) is 10.3. The Morgan fingerprint density at radius 1 is 1.00 bits per heavy atom. The summed E-state index contributed by atoms with van der Waals surface area (Å²) >= 11 is -0.171. The minimum Gasteiger partial charge on any atom is -0.391 e. The highest BCUT2D eigenvalue weighted by Crippen LogP contribution is 2.37. The van der Waals surface area contributed by atoms with Gasteiger partial charge in [-0.15, -0.1) is 0 Å². The van der Waals surface area contributed by atoms with Crippen molar-refractivity contribution in [2.45, 2.75) is 29.0 Å². The second-order valence-electron chi connectivity index (χ2n) is 4.90. The molecule has 2 atom stereocenters. The summed E-state index contributed by atoms with van der Waals surface area (Å²) in [6.45, 7) is 0. The second kappa shape index (κ2) is 7.17. The molecule has 0 aliphatic heterocycles. The summed E-state index contributed by atoms with van der Waals surface area (Å²) in [6, 6.07) is 14.5. The monoisotopic (exact) mass is 327 g/mol. The number of hydrogen-bond acceptors (Lipinski definition) is 3. The molecule has 0 amide bonds. The summed E-state index contributed by atoms with van der Waals surface area (Å²) in [4.78, 5) is 0.0981. The van der Waals surface area contributed by atoms with E-state index in [4.69, 9.17) is 5.73 Å². The van der Waals surface area contributed by atoms with E-state index in [1.165, 1.54) is 24.3 Å². The van der Waals surface area contributed by atoms with Gasteiger partial charge < -0.3 is 10.8 Å². The smallest absolute Gasteiger partial charge is 0.391 e. The molecule has 0 aliphatic carbocycles. The summed E-state index contributed by atoms with van der Waals surface area (Å²) in [7, 11) is 0. The van der Waals surface area contributed by atoms with Crippen LogP contribution in [0.3, 0.4) is 0 Å². The molecule has 2 aromatic rings. The largest absolute Gasteiger partial charge is 0.446 e. The third-order valence-electron chi connectivity index (χ3n) is 3.20. The summed E-state index contributed by atoms with van der Waals surface area (Å²) < 4.78 is 36.8. The molecule has 0 fully saturated rings. The standard InChI is InChI=1S/C16H16F3NOS/c17-16(18,19)22-13-8-6-12(7-9-13)15(20)14(21)10-11-4-2-1-3-5-11/h1-9,14-15,21H,10,20H2/t14-,15+/m1/s1. The van der Waals surface area contributed by atoms with Crippen molar-refractivity contribution in [2.24, 2.45) is 5.73 Å². The van der Waals surface area contributed by atoms with Crippen LogP contribution in [0.2, 0.25) is 0 Å². The van der Waals surface area contributed by atoms with Gasteiger partial charge in [0.05, 0.1) is 12.1 Å². The number of halogens is 3. The summed E-state index contributed by atoms with van der Waals surface area (Å²) in [6.07, 6.45) is -0.412. The van der Waals surface area contributed by atoms with Crippen molar-refractivity contribution < 1.29 is 18.3 Å². The second-order valence-corrected chi connectivity index (χ2v) is 6.04. The number of rotatable bonds is 5. The van der Waals surface area contributed by atoms with Gasteiger partial charge in [0.25, 0.3) is 0 Å². The van der Waals surface area contributed by atoms with Gasteiger partial charge in [-0.2, -0.15) is 13.2 Å². The molecule has 3 N–H and O–H groups in total. The highest BCUT2D eigenvalue weighted by molar-refractivity contribution is 8.00. The lowest BCUT2D eigenvalue weighted by molar-refractivity contribution is -0.0328. The first kappa shape index (κ1) is 16.9. The van der Waals surface area contributed by atoms with E-state index < -0.39 is 17.7 Å². The van der Waals surface area contributed by atoms with Gasteiger partial charge in [-0.3, -0.25) is 0 Å². The Labute approximate surface area is 131 Å². The number of alkyl halides is 3. The van der Waals surface area contributed by atoms with Crippen LogP contribution in [-0.4, -0.2) is 16.7 Å². The van der Waals surface area contributed by atoms with Crippen LogP contribution in [0.15, 0.2) is 59.5 Å². The predicted octanol–water partition coefficient (Wildman–Crippen LogP) is 3.90. The zero-order valence-electron chi connectivity index (χ0n) is 11.6. The first-order valence-electron chi connectivity index (χ1n) is 6.68. The topological polar surface area (TPSA) is 46.2 Å². The van der Waals surface area contributed by atoms with Gasteiger partial charge in [0.1, 0.15) is 0 Å². The maximum Gasteiger partial charge on any atom is 0.446 e. The van der Waals surface area contributed by atoms with Crippen molar-refractivity contribution in [2.75, 3.05) is 0 Å². The normalized spacial score (nSPS) is 14.6. The van der Waals surface area contributed by atoms with Gasteiger partial charge in [-0.25, -0.2) is 0 Å². The lowest BCUT2D eigenvalue weighted by Crippen LogP contribution is -2.28. The molecular formula is C16H16F3NOS. The van der Waals surface area contributed by atoms with Crippen LogP contribution in [-0.2, 0) is 6.42 Å². The molecule has 0 bridgehead atoms. The van der Waals surface area contributed by atoms with Gasteiger partial charge in [0.15, 0.2) is 0 Å². The molecule has 2 aromatic carbocycles. The summed E-state index contributed by atoms with van der Waals surface area (Å²) in [5, 5.41) is 10.2. The molecule has 0 aliphatic rings. The third kappa shape index (κ3) is 5.05. The zero-order valence-corrected chi connectivity index (χ0v) is 12.4. The quantitative estimate of drug-likeness (QED) is 0.819. The fourth-order valence-corrected chi connectivity index (χ4v) is 2.64. The third-order valence-corrected chi connectivity index (χ3v) is 3.94. The number of hydrogen-bond donors (Lipinski definition) is 2. The molecule has 0 saturated carbocycles. The number of aliphatic hydroxyl groups is 1. The van der Waals surface area contributed by atoms with E-state index in [2.05, 4.69) is 0 Å². The molecular weight excluding hydrogens is 311 g/mol. The van der Waals surface area contributed by atoms with E-state index in [1.54, 1.807) is 0 Å². The Balaban J connectivity index is 2.01. The lowest BCUT2D eigenvalue weighted by atomic mass is 9.97. The maximum atomic E-state index is 12.3. The average molecular weight is 327 g/mol. The minimum atomic E-state index is -4.31. The van der Waals surface area contributed by atoms with Gasteiger partial charge in [0.2, 0.25) is 0 Å². The van der Waals surface area contributed by atoms with E-state index in [0.29, 0.717) is 12.0 Å². The van der Waals surface area contributed by atoms with E-state index in [-0.39, 0.29) is 16.7 Å². The fraction of sp³-hybridized carbons (Fsp3) is 0.250. The Hall–Kier alpha value is -1.50. The van der Waals surface area contributed by atoms with E-state index in [0.717, 1.165) is 5.56 Å². The van der Waals surface area contributed by atoms with Crippen LogP contribution in [0.4, 0.5) is 13.2 Å². The Bertz CT molecular complexity index is 587. The van der Waals surface area contributed by atoms with E-state index in [1.807, 2.05) is 30.3 Å². The van der Waals surface area contributed by atoms with Gasteiger partial charge in [0, 0.05) is 11.3 Å². The molecule has 0 saturated heterocycles. The minimum absolute atomic E-state index is 0.0981. The van der Waals surface area contributed by atoms with E-state index in [9.17, 15) is 18.3 Å². The maximum absolute atomic E-state index is 12.3. The van der Waals surface area contributed by atoms with Gasteiger partial charge in [-0.05, 0) is 35.0 Å². The van der Waals surface area contributed by atoms with Crippen molar-refractivity contribution >= 4 is 11.8 Å². The van der Waals surface area contributed by atoms with Crippen molar-refractivity contribution in [3.05, 3.63) is 65.7 Å². The molecule has 22 heavy (non-hydrogen) atoms. The lowest BCUT2D eigenvalue weighted by Gasteiger charge is -2.19. The molecule has 0 radical (unpaired) electrons. The van der Waals surface area contributed by atoms with Gasteiger partial charge >= 0.3 is 5.51 Å². The van der Waals surface area contributed by atoms with Crippen LogP contribution >= 0.6 is 11.8 Å². The van der Waals surface area contributed by atoms with E-state index >= 15 is 0 Å². The highest BCUT2D eigenvalue weighted by Gasteiger charge is 2.29. The van der Waals surface area contributed by atoms with Crippen molar-refractivity contribution in [1.29, 1.82) is 0 Å². The summed E-state index contributed by atoms with van der Waals surface area (Å²) in [5.74, 6) is 0. The molecule has 6 heteroatoms. The Morgan fingerprint density at radius 2 is 1.59 bits per heavy atom. The number of benzene rings is 2. The highest BCUT2D eigenvalue weighted by atomic mass is 32.2. The fourth-order valence-electron chi connectivity index (χ4n) is 2.10.